The summed E-state index contributed by atoms with van der Waals surface area (Å²) in [4.78, 5) is 22.6. The zero-order chi connectivity index (χ0) is 14.1. The third kappa shape index (κ3) is 6.45. The maximum Gasteiger partial charge on any atom is 0.407 e. The predicted octanol–water partition coefficient (Wildman–Crippen LogP) is 1.83. The minimum atomic E-state index is -0.485. The summed E-state index contributed by atoms with van der Waals surface area (Å²) < 4.78 is 5.05. The third-order valence-electron chi connectivity index (χ3n) is 2.49. The molecule has 0 radical (unpaired) electrons. The van der Waals surface area contributed by atoms with Crippen molar-refractivity contribution in [1.82, 2.24) is 10.6 Å². The van der Waals surface area contributed by atoms with E-state index in [1.807, 2.05) is 37.3 Å². The Morgan fingerprint density at radius 3 is 2.58 bits per heavy atom. The number of nitrogens with one attached hydrogen (secondary N) is 2. The van der Waals surface area contributed by atoms with Crippen LogP contribution in [0.3, 0.4) is 0 Å². The standard InChI is InChI=1S/C14H20N2O3/c1-3-13(17)16-11(2)9-15-14(18)19-10-12-7-5-4-6-8-12/h4-8,11H,3,9-10H2,1-2H3,(H,15,18)(H,16,17). The number of carbonyl (C=O) groups is 2. The third-order valence-corrected chi connectivity index (χ3v) is 2.49. The number of hydrogen-bond acceptors (Lipinski definition) is 3. The molecule has 0 saturated heterocycles. The average Bonchev–Trinajstić information content (AvgIpc) is 2.43. The van der Waals surface area contributed by atoms with Gasteiger partial charge < -0.3 is 15.4 Å². The highest BCUT2D eigenvalue weighted by Crippen LogP contribution is 2.00. The number of amides is 2. The lowest BCUT2D eigenvalue weighted by Gasteiger charge is -2.14. The predicted molar refractivity (Wildman–Crippen MR) is 72.5 cm³/mol. The molecule has 1 atom stereocenters. The van der Waals surface area contributed by atoms with Gasteiger partial charge in [-0.2, -0.15) is 0 Å². The highest BCUT2D eigenvalue weighted by atomic mass is 16.5. The molecule has 0 fully saturated rings. The van der Waals surface area contributed by atoms with E-state index in [-0.39, 0.29) is 18.6 Å². The van der Waals surface area contributed by atoms with Gasteiger partial charge in [-0.05, 0) is 12.5 Å². The normalized spacial score (nSPS) is 11.5. The fourth-order valence-electron chi connectivity index (χ4n) is 1.44. The lowest BCUT2D eigenvalue weighted by Crippen LogP contribution is -2.41. The summed E-state index contributed by atoms with van der Waals surface area (Å²) in [6, 6.07) is 9.34. The van der Waals surface area contributed by atoms with Gasteiger partial charge in [-0.15, -0.1) is 0 Å². The van der Waals surface area contributed by atoms with Crippen LogP contribution in [-0.4, -0.2) is 24.6 Å². The summed E-state index contributed by atoms with van der Waals surface area (Å²) in [6.07, 6.45) is -0.0514. The molecule has 2 N–H and O–H groups in total. The van der Waals surface area contributed by atoms with E-state index >= 15 is 0 Å². The zero-order valence-corrected chi connectivity index (χ0v) is 11.3. The number of rotatable bonds is 6. The first-order chi connectivity index (χ1) is 9.11. The molecule has 1 unspecified atom stereocenters. The van der Waals surface area contributed by atoms with Crippen LogP contribution in [0.1, 0.15) is 25.8 Å². The van der Waals surface area contributed by atoms with Crippen molar-refractivity contribution in [3.8, 4) is 0 Å². The quantitative estimate of drug-likeness (QED) is 0.823. The molecular formula is C14H20N2O3. The van der Waals surface area contributed by atoms with E-state index in [0.29, 0.717) is 13.0 Å². The molecule has 0 aliphatic carbocycles. The lowest BCUT2D eigenvalue weighted by molar-refractivity contribution is -0.121. The van der Waals surface area contributed by atoms with Gasteiger partial charge in [0.1, 0.15) is 6.61 Å². The van der Waals surface area contributed by atoms with Crippen LogP contribution in [0.5, 0.6) is 0 Å². The van der Waals surface area contributed by atoms with E-state index in [1.54, 1.807) is 6.92 Å². The van der Waals surface area contributed by atoms with Gasteiger partial charge in [-0.3, -0.25) is 4.79 Å². The second kappa shape index (κ2) is 8.13. The van der Waals surface area contributed by atoms with E-state index in [9.17, 15) is 9.59 Å². The Bertz CT molecular complexity index is 406. The molecular weight excluding hydrogens is 244 g/mol. The van der Waals surface area contributed by atoms with Crippen molar-refractivity contribution in [2.45, 2.75) is 32.9 Å². The average molecular weight is 264 g/mol. The Morgan fingerprint density at radius 2 is 1.95 bits per heavy atom. The molecule has 0 aliphatic rings. The minimum Gasteiger partial charge on any atom is -0.445 e. The zero-order valence-electron chi connectivity index (χ0n) is 11.3. The number of benzene rings is 1. The molecule has 0 spiro atoms. The first-order valence-corrected chi connectivity index (χ1v) is 6.35. The molecule has 0 bridgehead atoms. The summed E-state index contributed by atoms with van der Waals surface area (Å²) in [5.41, 5.74) is 0.935. The smallest absolute Gasteiger partial charge is 0.407 e. The molecule has 5 heteroatoms. The monoisotopic (exact) mass is 264 g/mol. The van der Waals surface area contributed by atoms with Crippen LogP contribution in [0.4, 0.5) is 4.79 Å². The van der Waals surface area contributed by atoms with E-state index < -0.39 is 6.09 Å². The molecule has 0 saturated carbocycles. The van der Waals surface area contributed by atoms with Gasteiger partial charge in [-0.1, -0.05) is 37.3 Å². The number of carbonyl (C=O) groups excluding carboxylic acids is 2. The summed E-state index contributed by atoms with van der Waals surface area (Å²) in [6.45, 7) is 4.19. The van der Waals surface area contributed by atoms with Crippen molar-refractivity contribution >= 4 is 12.0 Å². The molecule has 104 valence electrons. The molecule has 19 heavy (non-hydrogen) atoms. The number of alkyl carbamates (subject to hydrolysis) is 1. The second-order valence-corrected chi connectivity index (χ2v) is 4.26. The first kappa shape index (κ1) is 15.0. The van der Waals surface area contributed by atoms with Gasteiger partial charge in [0.05, 0.1) is 0 Å². The van der Waals surface area contributed by atoms with E-state index in [0.717, 1.165) is 5.56 Å². The van der Waals surface area contributed by atoms with Crippen LogP contribution in [0.25, 0.3) is 0 Å². The van der Waals surface area contributed by atoms with Crippen molar-refractivity contribution in [1.29, 1.82) is 0 Å². The van der Waals surface area contributed by atoms with Crippen LogP contribution in [0, 0.1) is 0 Å². The largest absolute Gasteiger partial charge is 0.445 e. The number of ether oxygens (including phenoxy) is 1. The second-order valence-electron chi connectivity index (χ2n) is 4.26. The van der Waals surface area contributed by atoms with Gasteiger partial charge >= 0.3 is 6.09 Å². The number of hydrogen-bond donors (Lipinski definition) is 2. The van der Waals surface area contributed by atoms with Gasteiger partial charge in [0.15, 0.2) is 0 Å². The maximum atomic E-state index is 11.4. The molecule has 0 aliphatic heterocycles. The molecule has 5 nitrogen and oxygen atoms in total. The van der Waals surface area contributed by atoms with Crippen LogP contribution in [-0.2, 0) is 16.1 Å². The van der Waals surface area contributed by atoms with Gasteiger partial charge in [0, 0.05) is 19.0 Å². The highest BCUT2D eigenvalue weighted by Gasteiger charge is 2.08. The lowest BCUT2D eigenvalue weighted by atomic mass is 10.2. The summed E-state index contributed by atoms with van der Waals surface area (Å²) in [5, 5.41) is 5.36. The van der Waals surface area contributed by atoms with Crippen molar-refractivity contribution < 1.29 is 14.3 Å². The van der Waals surface area contributed by atoms with Gasteiger partial charge in [0.2, 0.25) is 5.91 Å². The topological polar surface area (TPSA) is 67.4 Å². The summed E-state index contributed by atoms with van der Waals surface area (Å²) in [5.74, 6) is -0.0352. The molecule has 0 heterocycles. The molecule has 1 aromatic carbocycles. The Morgan fingerprint density at radius 1 is 1.26 bits per heavy atom. The van der Waals surface area contributed by atoms with Crippen LogP contribution in [0.2, 0.25) is 0 Å². The molecule has 0 aromatic heterocycles. The van der Waals surface area contributed by atoms with Crippen molar-refractivity contribution in [2.75, 3.05) is 6.54 Å². The van der Waals surface area contributed by atoms with Crippen molar-refractivity contribution in [3.05, 3.63) is 35.9 Å². The fourth-order valence-corrected chi connectivity index (χ4v) is 1.44. The SMILES string of the molecule is CCC(=O)NC(C)CNC(=O)OCc1ccccc1. The van der Waals surface area contributed by atoms with Gasteiger partial charge in [0.25, 0.3) is 0 Å². The Balaban J connectivity index is 2.19. The molecule has 2 amide bonds. The van der Waals surface area contributed by atoms with Crippen LogP contribution < -0.4 is 10.6 Å². The van der Waals surface area contributed by atoms with Crippen LogP contribution in [0.15, 0.2) is 30.3 Å². The molecule has 1 aromatic rings. The van der Waals surface area contributed by atoms with Gasteiger partial charge in [-0.25, -0.2) is 4.79 Å². The van der Waals surface area contributed by atoms with E-state index in [1.165, 1.54) is 0 Å². The van der Waals surface area contributed by atoms with E-state index in [4.69, 9.17) is 4.74 Å². The van der Waals surface area contributed by atoms with E-state index in [2.05, 4.69) is 10.6 Å². The van der Waals surface area contributed by atoms with Crippen LogP contribution >= 0.6 is 0 Å². The summed E-state index contributed by atoms with van der Waals surface area (Å²) in [7, 11) is 0. The maximum absolute atomic E-state index is 11.4. The Hall–Kier alpha value is -2.04. The summed E-state index contributed by atoms with van der Waals surface area (Å²) >= 11 is 0. The highest BCUT2D eigenvalue weighted by molar-refractivity contribution is 5.75. The Kier molecular flexibility index (Phi) is 6.43. The first-order valence-electron chi connectivity index (χ1n) is 6.35. The minimum absolute atomic E-state index is 0.0352. The van der Waals surface area contributed by atoms with Crippen molar-refractivity contribution in [3.63, 3.8) is 0 Å². The molecule has 1 rings (SSSR count). The van der Waals surface area contributed by atoms with Crippen molar-refractivity contribution in [2.24, 2.45) is 0 Å². The Labute approximate surface area is 113 Å². The fraction of sp³-hybridized carbons (Fsp3) is 0.429.